The summed E-state index contributed by atoms with van der Waals surface area (Å²) in [6.45, 7) is 7.14. The number of aromatic nitrogens is 3. The van der Waals surface area contributed by atoms with E-state index in [1.807, 2.05) is 16.8 Å². The summed E-state index contributed by atoms with van der Waals surface area (Å²) < 4.78 is 12.5. The van der Waals surface area contributed by atoms with E-state index in [4.69, 9.17) is 14.1 Å². The first-order valence-corrected chi connectivity index (χ1v) is 9.62. The van der Waals surface area contributed by atoms with Gasteiger partial charge in [-0.3, -0.25) is 4.99 Å². The Balaban J connectivity index is 1.56. The second kappa shape index (κ2) is 9.55. The fourth-order valence-corrected chi connectivity index (χ4v) is 3.05. The monoisotopic (exact) mass is 374 g/mol. The van der Waals surface area contributed by atoms with E-state index in [-0.39, 0.29) is 6.04 Å². The Bertz CT molecular complexity index is 723. The van der Waals surface area contributed by atoms with Gasteiger partial charge in [-0.2, -0.15) is 5.10 Å². The molecule has 0 saturated carbocycles. The molecule has 0 aromatic carbocycles. The van der Waals surface area contributed by atoms with Crippen molar-refractivity contribution in [3.63, 3.8) is 0 Å². The molecule has 0 amide bonds. The molecule has 2 aromatic rings. The summed E-state index contributed by atoms with van der Waals surface area (Å²) in [5.74, 6) is 4.12. The maximum atomic E-state index is 5.40. The highest BCUT2D eigenvalue weighted by molar-refractivity contribution is 5.80. The van der Waals surface area contributed by atoms with Gasteiger partial charge in [-0.1, -0.05) is 13.8 Å². The molecule has 0 fully saturated rings. The van der Waals surface area contributed by atoms with Gasteiger partial charge in [-0.05, 0) is 24.5 Å². The predicted molar refractivity (Wildman–Crippen MR) is 104 cm³/mol. The summed E-state index contributed by atoms with van der Waals surface area (Å²) in [7, 11) is 1.66. The lowest BCUT2D eigenvalue weighted by Crippen LogP contribution is -2.47. The van der Waals surface area contributed by atoms with Crippen LogP contribution in [0.1, 0.15) is 37.7 Å². The maximum Gasteiger partial charge on any atom is 0.191 e. The van der Waals surface area contributed by atoms with Crippen LogP contribution in [0, 0.1) is 5.92 Å². The Labute approximate surface area is 160 Å². The fraction of sp³-hybridized carbons (Fsp3) is 0.632. The van der Waals surface area contributed by atoms with Crippen molar-refractivity contribution in [3.05, 3.63) is 35.8 Å². The molecule has 1 aliphatic heterocycles. The van der Waals surface area contributed by atoms with Gasteiger partial charge < -0.3 is 19.8 Å². The molecule has 8 heteroatoms. The zero-order valence-corrected chi connectivity index (χ0v) is 16.4. The largest absolute Gasteiger partial charge is 0.469 e. The Hall–Kier alpha value is -2.35. The summed E-state index contributed by atoms with van der Waals surface area (Å²) >= 11 is 0. The van der Waals surface area contributed by atoms with Gasteiger partial charge in [0.1, 0.15) is 18.2 Å². The number of nitrogens with zero attached hydrogens (tertiary/aromatic N) is 4. The smallest absolute Gasteiger partial charge is 0.191 e. The first-order valence-electron chi connectivity index (χ1n) is 9.62. The van der Waals surface area contributed by atoms with E-state index >= 15 is 0 Å². The summed E-state index contributed by atoms with van der Waals surface area (Å²) in [5, 5.41) is 11.5. The van der Waals surface area contributed by atoms with Crippen molar-refractivity contribution >= 4 is 5.96 Å². The molecule has 0 spiro atoms. The van der Waals surface area contributed by atoms with Crippen molar-refractivity contribution < 1.29 is 9.15 Å². The van der Waals surface area contributed by atoms with Gasteiger partial charge in [0.25, 0.3) is 0 Å². The number of hydrogen-bond donors (Lipinski definition) is 2. The van der Waals surface area contributed by atoms with Gasteiger partial charge in [0.2, 0.25) is 0 Å². The van der Waals surface area contributed by atoms with Crippen LogP contribution < -0.4 is 10.6 Å². The van der Waals surface area contributed by atoms with Crippen LogP contribution in [-0.4, -0.2) is 47.0 Å². The third-order valence-electron chi connectivity index (χ3n) is 4.37. The molecule has 2 aromatic heterocycles. The number of ether oxygens (including phenoxy) is 1. The second-order valence-corrected chi connectivity index (χ2v) is 7.28. The molecular formula is C19H30N6O2. The van der Waals surface area contributed by atoms with E-state index in [1.165, 1.54) is 0 Å². The lowest BCUT2D eigenvalue weighted by molar-refractivity contribution is 0.177. The Morgan fingerprint density at radius 3 is 3.11 bits per heavy atom. The molecule has 0 radical (unpaired) electrons. The van der Waals surface area contributed by atoms with Crippen molar-refractivity contribution in [1.82, 2.24) is 25.4 Å². The van der Waals surface area contributed by atoms with E-state index in [0.29, 0.717) is 12.5 Å². The van der Waals surface area contributed by atoms with Gasteiger partial charge >= 0.3 is 0 Å². The van der Waals surface area contributed by atoms with Crippen LogP contribution in [0.2, 0.25) is 0 Å². The lowest BCUT2D eigenvalue weighted by Gasteiger charge is -2.25. The van der Waals surface area contributed by atoms with Crippen LogP contribution in [0.5, 0.6) is 0 Å². The van der Waals surface area contributed by atoms with Crippen LogP contribution in [-0.2, 0) is 30.7 Å². The molecule has 1 atom stereocenters. The number of methoxy groups -OCH3 is 1. The molecule has 3 heterocycles. The summed E-state index contributed by atoms with van der Waals surface area (Å²) in [5.41, 5.74) is 0. The summed E-state index contributed by atoms with van der Waals surface area (Å²) in [4.78, 5) is 9.26. The third kappa shape index (κ3) is 5.82. The number of hydrogen-bond acceptors (Lipinski definition) is 5. The molecule has 27 heavy (non-hydrogen) atoms. The molecule has 148 valence electrons. The Kier molecular flexibility index (Phi) is 6.86. The molecule has 0 saturated heterocycles. The highest BCUT2D eigenvalue weighted by Crippen LogP contribution is 2.13. The van der Waals surface area contributed by atoms with Crippen LogP contribution >= 0.6 is 0 Å². The first-order chi connectivity index (χ1) is 13.1. The summed E-state index contributed by atoms with van der Waals surface area (Å²) in [6, 6.07) is 4.18. The van der Waals surface area contributed by atoms with Gasteiger partial charge in [0, 0.05) is 39.1 Å². The van der Waals surface area contributed by atoms with Crippen molar-refractivity contribution in [2.45, 2.75) is 52.3 Å². The summed E-state index contributed by atoms with van der Waals surface area (Å²) in [6.07, 6.45) is 4.44. The van der Waals surface area contributed by atoms with Crippen LogP contribution in [0.15, 0.2) is 27.8 Å². The lowest BCUT2D eigenvalue weighted by atomic mass is 10.1. The molecule has 2 N–H and O–H groups in total. The Morgan fingerprint density at radius 1 is 1.48 bits per heavy atom. The van der Waals surface area contributed by atoms with Crippen molar-refractivity contribution in [3.8, 4) is 0 Å². The second-order valence-electron chi connectivity index (χ2n) is 7.28. The Morgan fingerprint density at radius 2 is 2.37 bits per heavy atom. The zero-order chi connectivity index (χ0) is 19.1. The first kappa shape index (κ1) is 19.4. The molecule has 1 unspecified atom stereocenters. The molecular weight excluding hydrogens is 344 g/mol. The maximum absolute atomic E-state index is 5.40. The number of rotatable bonds is 8. The number of aliphatic imine (C=N–C) groups is 1. The topological polar surface area (TPSA) is 89.5 Å². The van der Waals surface area contributed by atoms with Gasteiger partial charge in [0.15, 0.2) is 11.8 Å². The molecule has 8 nitrogen and oxygen atoms in total. The quantitative estimate of drug-likeness (QED) is 0.541. The molecule has 3 rings (SSSR count). The number of fused-ring (bicyclic) bond motifs is 1. The van der Waals surface area contributed by atoms with Gasteiger partial charge in [-0.15, -0.1) is 0 Å². The molecule has 0 aliphatic carbocycles. The average Bonchev–Trinajstić information content (AvgIpc) is 3.28. The SMILES string of the molecule is COCc1nc2n(n1)CC(NC(=NCC(C)C)NCCc1ccco1)CC2. The average molecular weight is 374 g/mol. The van der Waals surface area contributed by atoms with Crippen LogP contribution in [0.25, 0.3) is 0 Å². The number of aryl methyl sites for hydroxylation is 1. The van der Waals surface area contributed by atoms with E-state index < -0.39 is 0 Å². The van der Waals surface area contributed by atoms with Crippen molar-refractivity contribution in [1.29, 1.82) is 0 Å². The van der Waals surface area contributed by atoms with Gasteiger partial charge in [-0.25, -0.2) is 9.67 Å². The molecule has 0 bridgehead atoms. The predicted octanol–water partition coefficient (Wildman–Crippen LogP) is 1.77. The minimum atomic E-state index is 0.275. The number of nitrogens with one attached hydrogen (secondary N) is 2. The minimum Gasteiger partial charge on any atom is -0.469 e. The normalized spacial score (nSPS) is 17.2. The minimum absolute atomic E-state index is 0.275. The van der Waals surface area contributed by atoms with Crippen LogP contribution in [0.3, 0.4) is 0 Å². The zero-order valence-electron chi connectivity index (χ0n) is 16.4. The number of furan rings is 1. The fourth-order valence-electron chi connectivity index (χ4n) is 3.05. The van der Waals surface area contributed by atoms with Gasteiger partial charge in [0.05, 0.1) is 12.8 Å². The number of guanidine groups is 1. The third-order valence-corrected chi connectivity index (χ3v) is 4.37. The van der Waals surface area contributed by atoms with E-state index in [1.54, 1.807) is 13.4 Å². The van der Waals surface area contributed by atoms with E-state index in [0.717, 1.165) is 62.3 Å². The highest BCUT2D eigenvalue weighted by atomic mass is 16.5. The van der Waals surface area contributed by atoms with Crippen LogP contribution in [0.4, 0.5) is 0 Å². The van der Waals surface area contributed by atoms with Crippen molar-refractivity contribution in [2.75, 3.05) is 20.2 Å². The van der Waals surface area contributed by atoms with E-state index in [2.05, 4.69) is 34.6 Å². The standard InChI is InChI=1S/C19H30N6O2/c1-14(2)11-21-19(20-9-8-16-5-4-10-27-16)22-15-6-7-18-23-17(13-26-3)24-25(18)12-15/h4-5,10,14-15H,6-9,11-13H2,1-3H3,(H2,20,21,22). The van der Waals surface area contributed by atoms with Crippen molar-refractivity contribution in [2.24, 2.45) is 10.9 Å². The highest BCUT2D eigenvalue weighted by Gasteiger charge is 2.22. The molecule has 1 aliphatic rings. The van der Waals surface area contributed by atoms with E-state index in [9.17, 15) is 0 Å².